The first-order chi connectivity index (χ1) is 14.6. The lowest BCUT2D eigenvalue weighted by Gasteiger charge is -2.19. The molecule has 0 unspecified atom stereocenters. The minimum atomic E-state index is -0.231. The lowest BCUT2D eigenvalue weighted by atomic mass is 10.2. The van der Waals surface area contributed by atoms with Crippen molar-refractivity contribution in [1.29, 1.82) is 5.26 Å². The molecule has 1 aliphatic rings. The number of aromatic nitrogens is 2. The van der Waals surface area contributed by atoms with Crippen LogP contribution in [0.2, 0.25) is 0 Å². The normalized spacial score (nSPS) is 12.7. The molecular weight excluding hydrogens is 420 g/mol. The molecule has 0 radical (unpaired) electrons. The van der Waals surface area contributed by atoms with E-state index in [1.807, 2.05) is 55.1 Å². The van der Waals surface area contributed by atoms with Crippen molar-refractivity contribution in [1.82, 2.24) is 10.2 Å². The fourth-order valence-corrected chi connectivity index (χ4v) is 4.76. The molecule has 1 aliphatic heterocycles. The minimum absolute atomic E-state index is 0.128. The number of para-hydroxylation sites is 2. The van der Waals surface area contributed by atoms with E-state index in [4.69, 9.17) is 4.74 Å². The van der Waals surface area contributed by atoms with Gasteiger partial charge in [0.2, 0.25) is 5.13 Å². The Bertz CT molecular complexity index is 937. The molecule has 2 heterocycles. The summed E-state index contributed by atoms with van der Waals surface area (Å²) in [6, 6.07) is 9.92. The highest BCUT2D eigenvalue weighted by Gasteiger charge is 2.31. The number of ketones is 1. The second-order valence-corrected chi connectivity index (χ2v) is 8.68. The third-order valence-electron chi connectivity index (χ3n) is 4.53. The van der Waals surface area contributed by atoms with Gasteiger partial charge in [0.25, 0.3) is 0 Å². The van der Waals surface area contributed by atoms with Crippen molar-refractivity contribution in [2.24, 2.45) is 0 Å². The lowest BCUT2D eigenvalue weighted by Crippen LogP contribution is -2.26. The monoisotopic (exact) mass is 444 g/mol. The molecule has 2 aromatic rings. The average molecular weight is 445 g/mol. The first kappa shape index (κ1) is 22.1. The zero-order valence-corrected chi connectivity index (χ0v) is 18.8. The van der Waals surface area contributed by atoms with E-state index in [9.17, 15) is 10.1 Å². The van der Waals surface area contributed by atoms with E-state index in [1.54, 1.807) is 0 Å². The van der Waals surface area contributed by atoms with E-state index in [0.29, 0.717) is 28.5 Å². The maximum atomic E-state index is 12.8. The molecular formula is C20H24N6O2S2. The number of carbonyl (C=O) groups is 1. The molecule has 1 aromatic carbocycles. The maximum absolute atomic E-state index is 12.8. The van der Waals surface area contributed by atoms with Crippen LogP contribution in [-0.2, 0) is 9.53 Å². The van der Waals surface area contributed by atoms with E-state index in [0.717, 1.165) is 24.3 Å². The summed E-state index contributed by atoms with van der Waals surface area (Å²) in [5, 5.41) is 21.8. The van der Waals surface area contributed by atoms with Crippen molar-refractivity contribution >= 4 is 45.4 Å². The third kappa shape index (κ3) is 4.92. The van der Waals surface area contributed by atoms with Gasteiger partial charge in [0.1, 0.15) is 17.5 Å². The number of hydrogen-bond acceptors (Lipinski definition) is 10. The van der Waals surface area contributed by atoms with E-state index in [-0.39, 0.29) is 17.1 Å². The predicted molar refractivity (Wildman–Crippen MR) is 121 cm³/mol. The molecule has 10 heteroatoms. The number of allylic oxidation sites excluding steroid dienone is 1. The molecule has 0 aliphatic carbocycles. The van der Waals surface area contributed by atoms with Crippen LogP contribution in [0.1, 0.15) is 13.3 Å². The number of nitrogens with zero attached hydrogens (tertiary/aromatic N) is 5. The van der Waals surface area contributed by atoms with Crippen LogP contribution in [0.3, 0.4) is 0 Å². The van der Waals surface area contributed by atoms with Crippen molar-refractivity contribution in [3.8, 4) is 6.07 Å². The van der Waals surface area contributed by atoms with Gasteiger partial charge in [-0.15, -0.1) is 10.2 Å². The molecule has 0 spiro atoms. The summed E-state index contributed by atoms with van der Waals surface area (Å²) in [6.07, 6.45) is 0.886. The fourth-order valence-electron chi connectivity index (χ4n) is 3.11. The van der Waals surface area contributed by atoms with Crippen molar-refractivity contribution < 1.29 is 9.53 Å². The number of nitriles is 1. The van der Waals surface area contributed by atoms with Crippen molar-refractivity contribution in [2.75, 3.05) is 54.7 Å². The molecule has 0 fully saturated rings. The molecule has 1 aromatic heterocycles. The van der Waals surface area contributed by atoms with Gasteiger partial charge in [0.15, 0.2) is 10.1 Å². The first-order valence-corrected chi connectivity index (χ1v) is 11.4. The Morgan fingerprint density at radius 1 is 1.27 bits per heavy atom. The van der Waals surface area contributed by atoms with Crippen molar-refractivity contribution in [2.45, 2.75) is 17.7 Å². The van der Waals surface area contributed by atoms with E-state index < -0.39 is 0 Å². The van der Waals surface area contributed by atoms with Crippen LogP contribution in [0.5, 0.6) is 0 Å². The Labute approximate surface area is 184 Å². The van der Waals surface area contributed by atoms with Gasteiger partial charge in [0, 0.05) is 33.9 Å². The quantitative estimate of drug-likeness (QED) is 0.256. The standard InChI is InChI=1S/C20H24N6O2S2/c1-4-28-11-7-10-22-19-23-24-20(30-19)29-13-17(27)14(12-21)18-25(2)15-8-5-6-9-16(15)26(18)3/h5-6,8-9H,4,7,10-11,13H2,1-3H3,(H,22,23). The zero-order valence-electron chi connectivity index (χ0n) is 17.2. The number of hydrogen-bond donors (Lipinski definition) is 1. The summed E-state index contributed by atoms with van der Waals surface area (Å²) < 4.78 is 5.99. The molecule has 0 saturated heterocycles. The molecule has 0 bridgehead atoms. The molecule has 0 atom stereocenters. The highest BCUT2D eigenvalue weighted by Crippen LogP contribution is 2.40. The number of thioether (sulfide) groups is 1. The van der Waals surface area contributed by atoms with Gasteiger partial charge in [-0.3, -0.25) is 4.79 Å². The van der Waals surface area contributed by atoms with E-state index in [1.165, 1.54) is 23.1 Å². The topological polar surface area (TPSA) is 94.4 Å². The van der Waals surface area contributed by atoms with Crippen LogP contribution >= 0.6 is 23.1 Å². The van der Waals surface area contributed by atoms with Gasteiger partial charge in [-0.1, -0.05) is 35.2 Å². The van der Waals surface area contributed by atoms with Gasteiger partial charge in [0.05, 0.1) is 17.1 Å². The van der Waals surface area contributed by atoms with Crippen LogP contribution < -0.4 is 15.1 Å². The Balaban J connectivity index is 1.61. The van der Waals surface area contributed by atoms with Crippen LogP contribution in [0.25, 0.3) is 0 Å². The van der Waals surface area contributed by atoms with Crippen LogP contribution in [0, 0.1) is 11.3 Å². The van der Waals surface area contributed by atoms with Crippen molar-refractivity contribution in [3.05, 3.63) is 35.7 Å². The lowest BCUT2D eigenvalue weighted by molar-refractivity contribution is -0.112. The summed E-state index contributed by atoms with van der Waals surface area (Å²) in [4.78, 5) is 16.6. The summed E-state index contributed by atoms with van der Waals surface area (Å²) in [5.74, 6) is 0.493. The van der Waals surface area contributed by atoms with Gasteiger partial charge >= 0.3 is 0 Å². The Hall–Kier alpha value is -2.61. The predicted octanol–water partition coefficient (Wildman–Crippen LogP) is 3.36. The van der Waals surface area contributed by atoms with Crippen LogP contribution in [0.15, 0.2) is 40.0 Å². The van der Waals surface area contributed by atoms with Gasteiger partial charge in [-0.05, 0) is 25.5 Å². The highest BCUT2D eigenvalue weighted by atomic mass is 32.2. The number of nitrogens with one attached hydrogen (secondary N) is 1. The number of fused-ring (bicyclic) bond motifs is 1. The molecule has 3 rings (SSSR count). The minimum Gasteiger partial charge on any atom is -0.382 e. The SMILES string of the molecule is CCOCCCNc1nnc(SCC(=O)C(C#N)=C2N(C)c3ccccc3N2C)s1. The molecule has 8 nitrogen and oxygen atoms in total. The third-order valence-corrected chi connectivity index (χ3v) is 6.55. The first-order valence-electron chi connectivity index (χ1n) is 9.58. The number of benzene rings is 1. The molecule has 158 valence electrons. The Morgan fingerprint density at radius 3 is 2.60 bits per heavy atom. The largest absolute Gasteiger partial charge is 0.382 e. The van der Waals surface area contributed by atoms with Gasteiger partial charge in [-0.25, -0.2) is 0 Å². The Morgan fingerprint density at radius 2 is 1.97 bits per heavy atom. The maximum Gasteiger partial charge on any atom is 0.206 e. The zero-order chi connectivity index (χ0) is 21.5. The number of Topliss-reactive ketones (excluding diaryl/α,β-unsaturated/α-hetero) is 1. The number of rotatable bonds is 10. The fraction of sp³-hybridized carbons (Fsp3) is 0.400. The summed E-state index contributed by atoms with van der Waals surface area (Å²) in [7, 11) is 3.73. The Kier molecular flexibility index (Phi) is 7.68. The molecule has 0 amide bonds. The number of anilines is 3. The van der Waals surface area contributed by atoms with Crippen molar-refractivity contribution in [3.63, 3.8) is 0 Å². The number of carbonyl (C=O) groups excluding carboxylic acids is 1. The second kappa shape index (κ2) is 10.4. The summed E-state index contributed by atoms with van der Waals surface area (Å²) in [5.41, 5.74) is 2.07. The van der Waals surface area contributed by atoms with Crippen LogP contribution in [0.4, 0.5) is 16.5 Å². The van der Waals surface area contributed by atoms with Gasteiger partial charge < -0.3 is 19.9 Å². The molecule has 30 heavy (non-hydrogen) atoms. The van der Waals surface area contributed by atoms with Gasteiger partial charge in [-0.2, -0.15) is 5.26 Å². The summed E-state index contributed by atoms with van der Waals surface area (Å²) >= 11 is 2.69. The van der Waals surface area contributed by atoms with Crippen LogP contribution in [-0.4, -0.2) is 55.6 Å². The van der Waals surface area contributed by atoms with E-state index >= 15 is 0 Å². The molecule has 1 N–H and O–H groups in total. The average Bonchev–Trinajstić information content (AvgIpc) is 3.31. The summed E-state index contributed by atoms with van der Waals surface area (Å²) in [6.45, 7) is 4.14. The second-order valence-electron chi connectivity index (χ2n) is 6.48. The number of ether oxygens (including phenoxy) is 1. The highest BCUT2D eigenvalue weighted by molar-refractivity contribution is 8.01. The smallest absolute Gasteiger partial charge is 0.206 e. The van der Waals surface area contributed by atoms with E-state index in [2.05, 4.69) is 21.6 Å². The molecule has 0 saturated carbocycles.